The van der Waals surface area contributed by atoms with Crippen LogP contribution in [0.25, 0.3) is 0 Å². The van der Waals surface area contributed by atoms with E-state index < -0.39 is 35.2 Å². The quantitative estimate of drug-likeness (QED) is 0.668. The molecule has 2 bridgehead atoms. The number of hydrogen-bond acceptors (Lipinski definition) is 6. The van der Waals surface area contributed by atoms with Crippen molar-refractivity contribution in [2.75, 3.05) is 13.2 Å². The third-order valence-corrected chi connectivity index (χ3v) is 8.21. The minimum absolute atomic E-state index is 0.0335. The molecule has 5 rings (SSSR count). The van der Waals surface area contributed by atoms with Crippen LogP contribution in [0.3, 0.4) is 0 Å². The van der Waals surface area contributed by atoms with E-state index in [-0.39, 0.29) is 35.2 Å². The van der Waals surface area contributed by atoms with Gasteiger partial charge in [-0.1, -0.05) is 13.8 Å². The number of hydrogen-bond donors (Lipinski definition) is 2. The Bertz CT molecular complexity index is 665. The fourth-order valence-corrected chi connectivity index (χ4v) is 7.39. The third kappa shape index (κ3) is 1.91. The summed E-state index contributed by atoms with van der Waals surface area (Å²) in [5.74, 6) is -2.45. The summed E-state index contributed by atoms with van der Waals surface area (Å²) >= 11 is 0. The molecule has 2 N–H and O–H groups in total. The second-order valence-corrected chi connectivity index (χ2v) is 9.91. The van der Waals surface area contributed by atoms with Crippen LogP contribution in [0.5, 0.6) is 0 Å². The Labute approximate surface area is 153 Å². The van der Waals surface area contributed by atoms with Crippen LogP contribution in [0, 0.1) is 34.5 Å². The van der Waals surface area contributed by atoms with E-state index in [4.69, 9.17) is 9.47 Å². The van der Waals surface area contributed by atoms with E-state index in [1.165, 1.54) is 0 Å². The molecule has 5 fully saturated rings. The first-order chi connectivity index (χ1) is 12.2. The van der Waals surface area contributed by atoms with Crippen LogP contribution in [-0.4, -0.2) is 53.0 Å². The fourth-order valence-electron chi connectivity index (χ4n) is 7.39. The van der Waals surface area contributed by atoms with Gasteiger partial charge in [-0.2, -0.15) is 0 Å². The van der Waals surface area contributed by atoms with Crippen molar-refractivity contribution in [2.24, 2.45) is 34.5 Å². The van der Waals surface area contributed by atoms with Crippen molar-refractivity contribution in [1.82, 2.24) is 0 Å². The average molecular weight is 364 g/mol. The molecule has 1 aliphatic heterocycles. The van der Waals surface area contributed by atoms with Crippen LogP contribution >= 0.6 is 0 Å². The summed E-state index contributed by atoms with van der Waals surface area (Å²) in [6.45, 7) is 5.04. The molecule has 6 heteroatoms. The van der Waals surface area contributed by atoms with Gasteiger partial charge in [0, 0.05) is 36.0 Å². The van der Waals surface area contributed by atoms with Crippen LogP contribution in [0.4, 0.5) is 0 Å². The van der Waals surface area contributed by atoms with Crippen molar-refractivity contribution in [1.29, 1.82) is 0 Å². The van der Waals surface area contributed by atoms with Gasteiger partial charge in [0.25, 0.3) is 0 Å². The molecule has 6 nitrogen and oxygen atoms in total. The monoisotopic (exact) mass is 364 g/mol. The van der Waals surface area contributed by atoms with E-state index in [1.807, 2.05) is 0 Å². The van der Waals surface area contributed by atoms with Crippen LogP contribution in [0.15, 0.2) is 0 Å². The largest absolute Gasteiger partial charge is 0.393 e. The van der Waals surface area contributed by atoms with Gasteiger partial charge in [-0.15, -0.1) is 0 Å². The summed E-state index contributed by atoms with van der Waals surface area (Å²) in [5, 5.41) is 22.2. The first kappa shape index (κ1) is 17.3. The average Bonchev–Trinajstić information content (AvgIpc) is 3.10. The van der Waals surface area contributed by atoms with Crippen molar-refractivity contribution in [2.45, 2.75) is 63.9 Å². The molecule has 4 saturated carbocycles. The Balaban J connectivity index is 1.64. The van der Waals surface area contributed by atoms with Crippen molar-refractivity contribution in [3.63, 3.8) is 0 Å². The van der Waals surface area contributed by atoms with Gasteiger partial charge in [-0.3, -0.25) is 9.59 Å². The zero-order chi connectivity index (χ0) is 18.5. The number of Topliss-reactive ketones (excluding diaryl/α,β-unsaturated/α-hetero) is 2. The minimum atomic E-state index is -0.956. The fraction of sp³-hybridized carbons (Fsp3) is 0.900. The summed E-state index contributed by atoms with van der Waals surface area (Å²) < 4.78 is 12.0. The smallest absolute Gasteiger partial charge is 0.179 e. The Kier molecular flexibility index (Phi) is 3.43. The summed E-state index contributed by atoms with van der Waals surface area (Å²) in [7, 11) is 0. The topological polar surface area (TPSA) is 93.1 Å². The van der Waals surface area contributed by atoms with Crippen LogP contribution in [-0.2, 0) is 19.1 Å². The number of ether oxygens (including phenoxy) is 2. The summed E-state index contributed by atoms with van der Waals surface area (Å²) in [6, 6.07) is 0. The van der Waals surface area contributed by atoms with E-state index in [1.54, 1.807) is 0 Å². The minimum Gasteiger partial charge on any atom is -0.393 e. The van der Waals surface area contributed by atoms with Crippen LogP contribution in [0.1, 0.15) is 46.0 Å². The maximum absolute atomic E-state index is 13.8. The van der Waals surface area contributed by atoms with Gasteiger partial charge < -0.3 is 19.7 Å². The Morgan fingerprint density at radius 1 is 1.08 bits per heavy atom. The van der Waals surface area contributed by atoms with Crippen LogP contribution in [0.2, 0.25) is 0 Å². The molecule has 2 spiro atoms. The maximum Gasteiger partial charge on any atom is 0.179 e. The van der Waals surface area contributed by atoms with Crippen molar-refractivity contribution >= 4 is 11.6 Å². The lowest BCUT2D eigenvalue weighted by Gasteiger charge is -2.44. The Hall–Kier alpha value is -0.820. The molecule has 7 atom stereocenters. The molecule has 4 aliphatic carbocycles. The van der Waals surface area contributed by atoms with Gasteiger partial charge >= 0.3 is 0 Å². The number of carbonyl (C=O) groups is 2. The molecule has 0 radical (unpaired) electrons. The van der Waals surface area contributed by atoms with E-state index in [9.17, 15) is 19.8 Å². The standard InChI is InChI=1S/C20H28O6/c1-18(2)9-20(25-5-6-26-20)15-14(18)13(22)8-19-7-12(21)10(17(19)24)3-4-11(19)16(15)23/h10-11,13-15,17,22,24H,3-9H2,1-2H3/t10-,11-,13+,14-,15+,17+,19+/m0/s1. The number of ketones is 2. The van der Waals surface area contributed by atoms with E-state index in [0.29, 0.717) is 38.9 Å². The molecular formula is C20H28O6. The van der Waals surface area contributed by atoms with Crippen molar-refractivity contribution < 1.29 is 29.3 Å². The molecule has 5 aliphatic rings. The number of aliphatic hydroxyl groups is 2. The lowest BCUT2D eigenvalue weighted by molar-refractivity contribution is -0.195. The molecule has 144 valence electrons. The number of rotatable bonds is 0. The van der Waals surface area contributed by atoms with Gasteiger partial charge in [-0.05, 0) is 24.7 Å². The molecule has 0 aromatic rings. The predicted octanol–water partition coefficient (Wildman–Crippen LogP) is 1.07. The SMILES string of the molecule is CC1(C)CC2(OCCO2)[C@H]2C(=O)[C@@H]3CC[C@H]4C(=O)C[C@]3(C[C@@H](O)[C@@H]21)[C@@H]4O. The summed E-state index contributed by atoms with van der Waals surface area (Å²) in [6.07, 6.45) is 0.699. The first-order valence-electron chi connectivity index (χ1n) is 9.92. The molecule has 1 saturated heterocycles. The number of carbonyl (C=O) groups excluding carboxylic acids is 2. The normalized spacial score (nSPS) is 51.4. The van der Waals surface area contributed by atoms with Gasteiger partial charge in [-0.25, -0.2) is 0 Å². The Morgan fingerprint density at radius 3 is 2.46 bits per heavy atom. The van der Waals surface area contributed by atoms with Gasteiger partial charge in [0.05, 0.1) is 31.3 Å². The van der Waals surface area contributed by atoms with E-state index in [0.717, 1.165) is 0 Å². The zero-order valence-corrected chi connectivity index (χ0v) is 15.4. The van der Waals surface area contributed by atoms with Crippen LogP contribution < -0.4 is 0 Å². The summed E-state index contributed by atoms with van der Waals surface area (Å²) in [4.78, 5) is 26.3. The third-order valence-electron chi connectivity index (χ3n) is 8.21. The second-order valence-electron chi connectivity index (χ2n) is 9.91. The maximum atomic E-state index is 13.8. The highest BCUT2D eigenvalue weighted by Gasteiger charge is 2.72. The number of fused-ring (bicyclic) bond motifs is 3. The first-order valence-corrected chi connectivity index (χ1v) is 9.92. The highest BCUT2D eigenvalue weighted by atomic mass is 16.7. The van der Waals surface area contributed by atoms with Crippen molar-refractivity contribution in [3.05, 3.63) is 0 Å². The molecule has 0 unspecified atom stereocenters. The molecular weight excluding hydrogens is 336 g/mol. The molecule has 0 aromatic heterocycles. The molecule has 26 heavy (non-hydrogen) atoms. The molecule has 0 aromatic carbocycles. The van der Waals surface area contributed by atoms with Crippen molar-refractivity contribution in [3.8, 4) is 0 Å². The predicted molar refractivity (Wildman–Crippen MR) is 89.9 cm³/mol. The second kappa shape index (κ2) is 5.16. The molecule has 1 heterocycles. The van der Waals surface area contributed by atoms with Gasteiger partial charge in [0.15, 0.2) is 5.79 Å². The zero-order valence-electron chi connectivity index (χ0n) is 15.4. The lowest BCUT2D eigenvalue weighted by atomic mass is 9.62. The molecule has 0 amide bonds. The highest BCUT2D eigenvalue weighted by Crippen LogP contribution is 2.65. The van der Waals surface area contributed by atoms with E-state index >= 15 is 0 Å². The van der Waals surface area contributed by atoms with E-state index in [2.05, 4.69) is 13.8 Å². The highest BCUT2D eigenvalue weighted by molar-refractivity contribution is 5.92. The Morgan fingerprint density at radius 2 is 1.77 bits per heavy atom. The van der Waals surface area contributed by atoms with Gasteiger partial charge in [0.2, 0.25) is 0 Å². The van der Waals surface area contributed by atoms with Gasteiger partial charge in [0.1, 0.15) is 11.6 Å². The number of aliphatic hydroxyl groups excluding tert-OH is 2. The summed E-state index contributed by atoms with van der Waals surface area (Å²) in [5.41, 5.74) is -1.13. The lowest BCUT2D eigenvalue weighted by Crippen LogP contribution is -2.50.